The van der Waals surface area contributed by atoms with Crippen LogP contribution in [0.2, 0.25) is 0 Å². The average molecular weight is 237 g/mol. The minimum atomic E-state index is -1.08. The van der Waals surface area contributed by atoms with Crippen molar-refractivity contribution in [2.75, 3.05) is 23.7 Å². The summed E-state index contributed by atoms with van der Waals surface area (Å²) in [5.41, 5.74) is 11.6. The van der Waals surface area contributed by atoms with Gasteiger partial charge in [0.2, 0.25) is 5.91 Å². The fraction of sp³-hybridized carbons (Fsp3) is 0.273. The molecule has 1 rings (SSSR count). The Morgan fingerprint density at radius 2 is 2.06 bits per heavy atom. The third kappa shape index (κ3) is 3.10. The third-order valence-corrected chi connectivity index (χ3v) is 2.36. The molecule has 0 aliphatic carbocycles. The molecular formula is C11H15N3O3. The van der Waals surface area contributed by atoms with Gasteiger partial charge in [0.1, 0.15) is 0 Å². The van der Waals surface area contributed by atoms with Crippen molar-refractivity contribution < 1.29 is 14.7 Å². The molecule has 6 nitrogen and oxygen atoms in total. The van der Waals surface area contributed by atoms with Gasteiger partial charge in [-0.15, -0.1) is 0 Å². The Bertz CT molecular complexity index is 446. The second kappa shape index (κ2) is 5.20. The lowest BCUT2D eigenvalue weighted by Crippen LogP contribution is -2.33. The Labute approximate surface area is 98.8 Å². The van der Waals surface area contributed by atoms with Crippen LogP contribution in [0, 0.1) is 0 Å². The van der Waals surface area contributed by atoms with E-state index in [4.69, 9.17) is 16.6 Å². The molecule has 0 aliphatic heterocycles. The number of hydrogen-bond donors (Lipinski definition) is 3. The Kier molecular flexibility index (Phi) is 3.92. The molecule has 1 aromatic carbocycles. The molecular weight excluding hydrogens is 222 g/mol. The van der Waals surface area contributed by atoms with Gasteiger partial charge in [-0.3, -0.25) is 4.79 Å². The van der Waals surface area contributed by atoms with Gasteiger partial charge >= 0.3 is 5.97 Å². The molecule has 0 atom stereocenters. The zero-order valence-corrected chi connectivity index (χ0v) is 9.51. The summed E-state index contributed by atoms with van der Waals surface area (Å²) in [6.45, 7) is 2.52. The largest absolute Gasteiger partial charge is 0.478 e. The summed E-state index contributed by atoms with van der Waals surface area (Å²) in [4.78, 5) is 23.4. The molecule has 0 heterocycles. The molecule has 1 aromatic rings. The monoisotopic (exact) mass is 237 g/mol. The van der Waals surface area contributed by atoms with Crippen LogP contribution in [-0.4, -0.2) is 30.1 Å². The predicted molar refractivity (Wildman–Crippen MR) is 64.9 cm³/mol. The number of carboxylic acid groups (broad SMARTS) is 1. The number of primary amides is 1. The molecule has 0 fully saturated rings. The summed E-state index contributed by atoms with van der Waals surface area (Å²) in [5, 5.41) is 8.83. The Hall–Kier alpha value is -2.24. The topological polar surface area (TPSA) is 110 Å². The molecule has 92 valence electrons. The highest BCUT2D eigenvalue weighted by molar-refractivity contribution is 5.94. The third-order valence-electron chi connectivity index (χ3n) is 2.36. The number of hydrogen-bond acceptors (Lipinski definition) is 4. The van der Waals surface area contributed by atoms with Gasteiger partial charge in [0.05, 0.1) is 12.1 Å². The Morgan fingerprint density at radius 3 is 2.47 bits per heavy atom. The van der Waals surface area contributed by atoms with E-state index in [9.17, 15) is 9.59 Å². The zero-order chi connectivity index (χ0) is 13.0. The number of anilines is 2. The van der Waals surface area contributed by atoms with Gasteiger partial charge < -0.3 is 21.5 Å². The van der Waals surface area contributed by atoms with Crippen molar-refractivity contribution in [3.8, 4) is 0 Å². The number of carboxylic acids is 1. The quantitative estimate of drug-likeness (QED) is 0.637. The average Bonchev–Trinajstić information content (AvgIpc) is 2.24. The van der Waals surface area contributed by atoms with Crippen LogP contribution in [0.25, 0.3) is 0 Å². The van der Waals surface area contributed by atoms with Crippen LogP contribution in [0.15, 0.2) is 18.2 Å². The molecule has 0 saturated carbocycles. The molecule has 5 N–H and O–H groups in total. The first-order valence-electron chi connectivity index (χ1n) is 5.11. The molecule has 0 saturated heterocycles. The molecule has 0 unspecified atom stereocenters. The molecule has 1 amide bonds. The van der Waals surface area contributed by atoms with E-state index < -0.39 is 11.9 Å². The number of amides is 1. The van der Waals surface area contributed by atoms with Crippen LogP contribution in [0.5, 0.6) is 0 Å². The van der Waals surface area contributed by atoms with E-state index in [-0.39, 0.29) is 17.8 Å². The molecule has 0 bridgehead atoms. The fourth-order valence-electron chi connectivity index (χ4n) is 1.52. The molecule has 0 aliphatic rings. The molecule has 6 heteroatoms. The van der Waals surface area contributed by atoms with Crippen LogP contribution in [0.4, 0.5) is 11.4 Å². The fourth-order valence-corrected chi connectivity index (χ4v) is 1.52. The number of carbonyl (C=O) groups excluding carboxylic acids is 1. The SMILES string of the molecule is CCN(CC(N)=O)c1ccc(C(=O)O)c(N)c1. The van der Waals surface area contributed by atoms with E-state index in [1.54, 1.807) is 11.0 Å². The highest BCUT2D eigenvalue weighted by atomic mass is 16.4. The lowest BCUT2D eigenvalue weighted by atomic mass is 10.1. The van der Waals surface area contributed by atoms with Crippen LogP contribution < -0.4 is 16.4 Å². The second-order valence-corrected chi connectivity index (χ2v) is 3.56. The standard InChI is InChI=1S/C11H15N3O3/c1-2-14(6-10(13)15)7-3-4-8(11(16)17)9(12)5-7/h3-5H,2,6,12H2,1H3,(H2,13,15)(H,16,17). The van der Waals surface area contributed by atoms with Crippen LogP contribution >= 0.6 is 0 Å². The van der Waals surface area contributed by atoms with Crippen molar-refractivity contribution in [2.45, 2.75) is 6.92 Å². The van der Waals surface area contributed by atoms with Crippen LogP contribution in [0.3, 0.4) is 0 Å². The summed E-state index contributed by atoms with van der Waals surface area (Å²) >= 11 is 0. The van der Waals surface area contributed by atoms with Crippen molar-refractivity contribution in [3.63, 3.8) is 0 Å². The van der Waals surface area contributed by atoms with Crippen LogP contribution in [0.1, 0.15) is 17.3 Å². The lowest BCUT2D eigenvalue weighted by molar-refractivity contribution is -0.116. The Balaban J connectivity index is 3.02. The van der Waals surface area contributed by atoms with E-state index in [1.165, 1.54) is 12.1 Å². The lowest BCUT2D eigenvalue weighted by Gasteiger charge is -2.21. The van der Waals surface area contributed by atoms with Gasteiger partial charge in [-0.25, -0.2) is 4.79 Å². The number of likely N-dealkylation sites (N-methyl/N-ethyl adjacent to an activating group) is 1. The van der Waals surface area contributed by atoms with E-state index in [1.807, 2.05) is 6.92 Å². The molecule has 0 spiro atoms. The first kappa shape index (κ1) is 12.8. The molecule has 17 heavy (non-hydrogen) atoms. The maximum Gasteiger partial charge on any atom is 0.337 e. The van der Waals surface area contributed by atoms with Gasteiger partial charge in [-0.2, -0.15) is 0 Å². The predicted octanol–water partition coefficient (Wildman–Crippen LogP) is 0.279. The minimum Gasteiger partial charge on any atom is -0.478 e. The second-order valence-electron chi connectivity index (χ2n) is 3.56. The van der Waals surface area contributed by atoms with E-state index in [0.29, 0.717) is 12.2 Å². The summed E-state index contributed by atoms with van der Waals surface area (Å²) in [7, 11) is 0. The molecule has 0 radical (unpaired) electrons. The number of carbonyl (C=O) groups is 2. The summed E-state index contributed by atoms with van der Waals surface area (Å²) in [6, 6.07) is 4.54. The van der Waals surface area contributed by atoms with Gasteiger partial charge in [0.15, 0.2) is 0 Å². The number of nitrogens with two attached hydrogens (primary N) is 2. The normalized spacial score (nSPS) is 9.94. The van der Waals surface area contributed by atoms with Crippen molar-refractivity contribution in [1.29, 1.82) is 0 Å². The maximum absolute atomic E-state index is 10.9. The number of aromatic carboxylic acids is 1. The zero-order valence-electron chi connectivity index (χ0n) is 9.51. The van der Waals surface area contributed by atoms with Crippen LogP contribution in [-0.2, 0) is 4.79 Å². The van der Waals surface area contributed by atoms with E-state index >= 15 is 0 Å². The number of nitrogens with zero attached hydrogens (tertiary/aromatic N) is 1. The van der Waals surface area contributed by atoms with Gasteiger partial charge in [-0.05, 0) is 25.1 Å². The van der Waals surface area contributed by atoms with Crippen molar-refractivity contribution in [1.82, 2.24) is 0 Å². The minimum absolute atomic E-state index is 0.0453. The highest BCUT2D eigenvalue weighted by Crippen LogP contribution is 2.21. The first-order chi connectivity index (χ1) is 7.95. The highest BCUT2D eigenvalue weighted by Gasteiger charge is 2.12. The van der Waals surface area contributed by atoms with Crippen molar-refractivity contribution >= 4 is 23.3 Å². The van der Waals surface area contributed by atoms with Gasteiger partial charge in [0, 0.05) is 17.9 Å². The summed E-state index contributed by atoms with van der Waals surface area (Å²) in [6.07, 6.45) is 0. The number of nitrogen functional groups attached to an aromatic ring is 1. The van der Waals surface area contributed by atoms with E-state index in [0.717, 1.165) is 0 Å². The first-order valence-corrected chi connectivity index (χ1v) is 5.11. The van der Waals surface area contributed by atoms with Gasteiger partial charge in [-0.1, -0.05) is 0 Å². The summed E-state index contributed by atoms with van der Waals surface area (Å²) < 4.78 is 0. The molecule has 0 aromatic heterocycles. The maximum atomic E-state index is 10.9. The van der Waals surface area contributed by atoms with E-state index in [2.05, 4.69) is 0 Å². The Morgan fingerprint density at radius 1 is 1.41 bits per heavy atom. The van der Waals surface area contributed by atoms with Crippen molar-refractivity contribution in [2.24, 2.45) is 5.73 Å². The number of rotatable bonds is 5. The van der Waals surface area contributed by atoms with Gasteiger partial charge in [0.25, 0.3) is 0 Å². The number of benzene rings is 1. The smallest absolute Gasteiger partial charge is 0.337 e. The summed E-state index contributed by atoms with van der Waals surface area (Å²) in [5.74, 6) is -1.53. The van der Waals surface area contributed by atoms with Crippen molar-refractivity contribution in [3.05, 3.63) is 23.8 Å².